The zero-order valence-corrected chi connectivity index (χ0v) is 9.40. The molecule has 1 aromatic heterocycles. The summed E-state index contributed by atoms with van der Waals surface area (Å²) in [6, 6.07) is 3.82. The van der Waals surface area contributed by atoms with Crippen molar-refractivity contribution in [3.05, 3.63) is 24.7 Å². The number of hydrogen-bond donors (Lipinski definition) is 1. The van der Waals surface area contributed by atoms with Gasteiger partial charge in [-0.05, 0) is 12.1 Å². The lowest BCUT2D eigenvalue weighted by Crippen LogP contribution is -2.16. The smallest absolute Gasteiger partial charge is 0.203 e. The molecule has 3 rings (SSSR count). The third-order valence-corrected chi connectivity index (χ3v) is 2.64. The molecule has 5 heteroatoms. The Labute approximate surface area is 98.3 Å². The van der Waals surface area contributed by atoms with Gasteiger partial charge in [-0.1, -0.05) is 0 Å². The van der Waals surface area contributed by atoms with Crippen molar-refractivity contribution in [1.29, 1.82) is 0 Å². The lowest BCUT2D eigenvalue weighted by atomic mass is 10.1. The molecule has 0 aliphatic carbocycles. The van der Waals surface area contributed by atoms with Crippen LogP contribution in [-0.2, 0) is 0 Å². The molecule has 0 atom stereocenters. The van der Waals surface area contributed by atoms with Crippen molar-refractivity contribution in [2.75, 3.05) is 20.3 Å². The summed E-state index contributed by atoms with van der Waals surface area (Å²) in [5.41, 5.74) is 1.88. The fraction of sp³-hybridized carbons (Fsp3) is 0.250. The molecule has 2 heterocycles. The van der Waals surface area contributed by atoms with Crippen LogP contribution >= 0.6 is 0 Å². The van der Waals surface area contributed by atoms with Gasteiger partial charge in [-0.15, -0.1) is 0 Å². The van der Waals surface area contributed by atoms with Gasteiger partial charge in [-0.25, -0.2) is 4.98 Å². The number of aromatic amines is 1. The van der Waals surface area contributed by atoms with E-state index in [0.29, 0.717) is 30.5 Å². The first kappa shape index (κ1) is 10.0. The molecule has 0 bridgehead atoms. The number of methoxy groups -OCH3 is 1. The predicted molar refractivity (Wildman–Crippen MR) is 61.6 cm³/mol. The van der Waals surface area contributed by atoms with E-state index in [2.05, 4.69) is 9.97 Å². The zero-order valence-electron chi connectivity index (χ0n) is 9.40. The molecule has 0 unspecified atom stereocenters. The number of rotatable bonds is 2. The molecule has 0 saturated heterocycles. The highest BCUT2D eigenvalue weighted by atomic mass is 16.6. The Kier molecular flexibility index (Phi) is 2.36. The molecular formula is C12H12N2O3. The highest BCUT2D eigenvalue weighted by Crippen LogP contribution is 2.42. The molecule has 0 radical (unpaired) electrons. The van der Waals surface area contributed by atoms with E-state index < -0.39 is 0 Å². The number of ether oxygens (including phenoxy) is 3. The van der Waals surface area contributed by atoms with E-state index in [4.69, 9.17) is 14.2 Å². The van der Waals surface area contributed by atoms with Crippen molar-refractivity contribution in [2.24, 2.45) is 0 Å². The summed E-state index contributed by atoms with van der Waals surface area (Å²) in [7, 11) is 1.62. The quantitative estimate of drug-likeness (QED) is 0.858. The monoisotopic (exact) mass is 232 g/mol. The molecule has 1 N–H and O–H groups in total. The Morgan fingerprint density at radius 2 is 2.18 bits per heavy atom. The van der Waals surface area contributed by atoms with E-state index in [-0.39, 0.29) is 0 Å². The molecule has 0 spiro atoms. The van der Waals surface area contributed by atoms with Gasteiger partial charge in [-0.2, -0.15) is 0 Å². The van der Waals surface area contributed by atoms with Crippen LogP contribution in [0.2, 0.25) is 0 Å². The van der Waals surface area contributed by atoms with Crippen LogP contribution in [-0.4, -0.2) is 30.3 Å². The molecule has 1 aromatic carbocycles. The van der Waals surface area contributed by atoms with Crippen LogP contribution in [0.3, 0.4) is 0 Å². The van der Waals surface area contributed by atoms with E-state index in [0.717, 1.165) is 11.3 Å². The molecular weight excluding hydrogens is 220 g/mol. The van der Waals surface area contributed by atoms with Gasteiger partial charge in [0.15, 0.2) is 11.5 Å². The number of hydrogen-bond acceptors (Lipinski definition) is 4. The number of nitrogens with one attached hydrogen (secondary N) is 1. The van der Waals surface area contributed by atoms with E-state index >= 15 is 0 Å². The van der Waals surface area contributed by atoms with Gasteiger partial charge < -0.3 is 19.2 Å². The maximum atomic E-state index is 5.57. The summed E-state index contributed by atoms with van der Waals surface area (Å²) >= 11 is 0. The first-order valence-corrected chi connectivity index (χ1v) is 5.35. The summed E-state index contributed by atoms with van der Waals surface area (Å²) in [5, 5.41) is 0. The van der Waals surface area contributed by atoms with Gasteiger partial charge >= 0.3 is 0 Å². The van der Waals surface area contributed by atoms with E-state index in [1.807, 2.05) is 12.1 Å². The fourth-order valence-corrected chi connectivity index (χ4v) is 1.84. The minimum absolute atomic E-state index is 0.548. The van der Waals surface area contributed by atoms with Crippen LogP contribution < -0.4 is 14.2 Å². The average Bonchev–Trinajstić information content (AvgIpc) is 2.91. The largest absolute Gasteiger partial charge is 0.493 e. The standard InChI is InChI=1S/C12H12N2O3/c1-15-10-4-8(9-6-13-7-14-9)5-11-12(10)17-3-2-16-11/h4-7H,2-3H2,1H3,(H,13,14). The van der Waals surface area contributed by atoms with Crippen LogP contribution in [0.5, 0.6) is 17.2 Å². The minimum Gasteiger partial charge on any atom is -0.493 e. The molecule has 0 amide bonds. The van der Waals surface area contributed by atoms with Gasteiger partial charge in [0.05, 0.1) is 25.3 Å². The average molecular weight is 232 g/mol. The van der Waals surface area contributed by atoms with Crippen LogP contribution in [0.1, 0.15) is 0 Å². The van der Waals surface area contributed by atoms with Crippen molar-refractivity contribution in [3.63, 3.8) is 0 Å². The van der Waals surface area contributed by atoms with Crippen LogP contribution in [0.15, 0.2) is 24.7 Å². The summed E-state index contributed by atoms with van der Waals surface area (Å²) < 4.78 is 16.4. The van der Waals surface area contributed by atoms with Crippen molar-refractivity contribution >= 4 is 0 Å². The Balaban J connectivity index is 2.12. The second-order valence-corrected chi connectivity index (χ2v) is 3.67. The van der Waals surface area contributed by atoms with Gasteiger partial charge in [0.25, 0.3) is 0 Å². The van der Waals surface area contributed by atoms with Crippen LogP contribution in [0.4, 0.5) is 0 Å². The van der Waals surface area contributed by atoms with Crippen molar-refractivity contribution in [1.82, 2.24) is 9.97 Å². The molecule has 0 saturated carbocycles. The molecule has 2 aromatic rings. The van der Waals surface area contributed by atoms with Crippen LogP contribution in [0.25, 0.3) is 11.3 Å². The number of benzene rings is 1. The van der Waals surface area contributed by atoms with Gasteiger partial charge in [0, 0.05) is 5.56 Å². The second kappa shape index (κ2) is 4.01. The van der Waals surface area contributed by atoms with Gasteiger partial charge in [0.1, 0.15) is 13.2 Å². The Morgan fingerprint density at radius 1 is 1.29 bits per heavy atom. The summed E-state index contributed by atoms with van der Waals surface area (Å²) in [6.07, 6.45) is 3.39. The van der Waals surface area contributed by atoms with Crippen molar-refractivity contribution < 1.29 is 14.2 Å². The Morgan fingerprint density at radius 3 is 2.94 bits per heavy atom. The van der Waals surface area contributed by atoms with Crippen molar-refractivity contribution in [2.45, 2.75) is 0 Å². The maximum absolute atomic E-state index is 5.57. The molecule has 0 fully saturated rings. The number of H-pyrrole nitrogens is 1. The van der Waals surface area contributed by atoms with E-state index in [1.165, 1.54) is 0 Å². The number of aromatic nitrogens is 2. The molecule has 17 heavy (non-hydrogen) atoms. The topological polar surface area (TPSA) is 56.4 Å². The lowest BCUT2D eigenvalue weighted by Gasteiger charge is -2.21. The minimum atomic E-state index is 0.548. The fourth-order valence-electron chi connectivity index (χ4n) is 1.84. The third kappa shape index (κ3) is 1.69. The van der Waals surface area contributed by atoms with E-state index in [9.17, 15) is 0 Å². The molecule has 1 aliphatic rings. The maximum Gasteiger partial charge on any atom is 0.203 e. The SMILES string of the molecule is COc1cc(-c2cnc[nH]2)cc2c1OCCO2. The van der Waals surface area contributed by atoms with Gasteiger partial charge in [0.2, 0.25) is 5.75 Å². The first-order valence-electron chi connectivity index (χ1n) is 5.35. The van der Waals surface area contributed by atoms with Crippen molar-refractivity contribution in [3.8, 4) is 28.5 Å². The molecule has 88 valence electrons. The predicted octanol–water partition coefficient (Wildman–Crippen LogP) is 1.86. The Bertz CT molecular complexity index is 506. The lowest BCUT2D eigenvalue weighted by molar-refractivity contribution is 0.165. The summed E-state index contributed by atoms with van der Waals surface area (Å²) in [5.74, 6) is 2.05. The summed E-state index contributed by atoms with van der Waals surface area (Å²) in [6.45, 7) is 1.11. The first-order chi connectivity index (χ1) is 8.38. The number of nitrogens with zero attached hydrogens (tertiary/aromatic N) is 1. The third-order valence-electron chi connectivity index (χ3n) is 2.64. The van der Waals surface area contributed by atoms with Crippen LogP contribution in [0, 0.1) is 0 Å². The molecule has 5 nitrogen and oxygen atoms in total. The highest BCUT2D eigenvalue weighted by Gasteiger charge is 2.19. The zero-order chi connectivity index (χ0) is 11.7. The van der Waals surface area contributed by atoms with E-state index in [1.54, 1.807) is 19.6 Å². The van der Waals surface area contributed by atoms with Gasteiger partial charge in [-0.3, -0.25) is 0 Å². The highest BCUT2D eigenvalue weighted by molar-refractivity contribution is 5.68. The second-order valence-electron chi connectivity index (χ2n) is 3.67. The molecule has 1 aliphatic heterocycles. The normalized spacial score (nSPS) is 13.5. The Hall–Kier alpha value is -2.17. The number of fused-ring (bicyclic) bond motifs is 1. The number of imidazole rings is 1. The summed E-state index contributed by atoms with van der Waals surface area (Å²) in [4.78, 5) is 7.05.